The van der Waals surface area contributed by atoms with Gasteiger partial charge in [-0.15, -0.1) is 12.6 Å². The second kappa shape index (κ2) is 9.44. The number of rotatable bonds is 2. The van der Waals surface area contributed by atoms with Crippen molar-refractivity contribution in [1.29, 1.82) is 0 Å². The van der Waals surface area contributed by atoms with Crippen LogP contribution >= 0.6 is 12.6 Å². The molecule has 0 unspecified atom stereocenters. The lowest BCUT2D eigenvalue weighted by molar-refractivity contribution is 0.291. The molecule has 0 amide bonds. The number of nitrogen functional groups attached to an aromatic ring is 1. The van der Waals surface area contributed by atoms with Crippen molar-refractivity contribution < 1.29 is 0 Å². The highest BCUT2D eigenvalue weighted by Gasteiger charge is 2.21. The predicted molar refractivity (Wildman–Crippen MR) is 111 cm³/mol. The first kappa shape index (κ1) is 19.3. The Balaban J connectivity index is 0.000000236. The Hall–Kier alpha value is -1.50. The van der Waals surface area contributed by atoms with E-state index < -0.39 is 0 Å². The Morgan fingerprint density at radius 2 is 1.88 bits per heavy atom. The van der Waals surface area contributed by atoms with Crippen LogP contribution < -0.4 is 11.1 Å². The average molecular weight is 374 g/mol. The highest BCUT2D eigenvalue weighted by molar-refractivity contribution is 7.80. The van der Waals surface area contributed by atoms with E-state index in [1.807, 2.05) is 30.6 Å². The van der Waals surface area contributed by atoms with E-state index in [9.17, 15) is 0 Å². The molecule has 2 heterocycles. The second-order valence-electron chi connectivity index (χ2n) is 7.29. The van der Waals surface area contributed by atoms with E-state index in [2.05, 4.69) is 39.4 Å². The summed E-state index contributed by atoms with van der Waals surface area (Å²) in [5.74, 6) is 1.72. The molecule has 6 heteroatoms. The number of likely N-dealkylation sites (N-methyl/N-ethyl adjacent to an activating group) is 1. The quantitative estimate of drug-likeness (QED) is 0.558. The lowest BCUT2D eigenvalue weighted by Gasteiger charge is -2.22. The summed E-state index contributed by atoms with van der Waals surface area (Å²) in [7, 11) is 2.15. The van der Waals surface area contributed by atoms with Gasteiger partial charge in [0.15, 0.2) is 0 Å². The summed E-state index contributed by atoms with van der Waals surface area (Å²) in [5.41, 5.74) is 7.88. The number of nitrogens with zero attached hydrogens (tertiary/aromatic N) is 3. The van der Waals surface area contributed by atoms with Crippen LogP contribution in [0.25, 0.3) is 5.69 Å². The van der Waals surface area contributed by atoms with Gasteiger partial charge in [0, 0.05) is 49.4 Å². The molecule has 1 saturated heterocycles. The molecule has 1 aromatic heterocycles. The average Bonchev–Trinajstić information content (AvgIpc) is 3.13. The smallest absolute Gasteiger partial charge is 0.116 e. The SMILES string of the molecule is CN1CCNCC1.Nc1cc(S)ccc1-n1ccnc1C1CCCCC1. The Morgan fingerprint density at radius 1 is 1.15 bits per heavy atom. The highest BCUT2D eigenvalue weighted by atomic mass is 32.1. The second-order valence-corrected chi connectivity index (χ2v) is 7.80. The number of imidazole rings is 1. The van der Waals surface area contributed by atoms with E-state index >= 15 is 0 Å². The van der Waals surface area contributed by atoms with Gasteiger partial charge in [0.05, 0.1) is 11.4 Å². The molecule has 1 aliphatic heterocycles. The number of hydrogen-bond donors (Lipinski definition) is 3. The number of nitrogens with one attached hydrogen (secondary N) is 1. The maximum absolute atomic E-state index is 6.11. The first-order chi connectivity index (χ1) is 12.6. The zero-order chi connectivity index (χ0) is 18.4. The monoisotopic (exact) mass is 373 g/mol. The Kier molecular flexibility index (Phi) is 7.00. The lowest BCUT2D eigenvalue weighted by atomic mass is 9.88. The molecule has 2 aromatic rings. The molecule has 0 atom stereocenters. The molecule has 2 aliphatic rings. The summed E-state index contributed by atoms with van der Waals surface area (Å²) < 4.78 is 2.14. The van der Waals surface area contributed by atoms with E-state index in [1.54, 1.807) is 0 Å². The molecule has 5 nitrogen and oxygen atoms in total. The number of piperazine rings is 1. The van der Waals surface area contributed by atoms with Crippen molar-refractivity contribution in [3.05, 3.63) is 36.4 Å². The molecule has 1 aliphatic carbocycles. The van der Waals surface area contributed by atoms with E-state index in [0.717, 1.165) is 35.2 Å². The molecular weight excluding hydrogens is 342 g/mol. The van der Waals surface area contributed by atoms with Crippen molar-refractivity contribution in [2.24, 2.45) is 0 Å². The first-order valence-corrected chi connectivity index (χ1v) is 10.1. The van der Waals surface area contributed by atoms with E-state index in [-0.39, 0.29) is 0 Å². The lowest BCUT2D eigenvalue weighted by Crippen LogP contribution is -2.40. The van der Waals surface area contributed by atoms with Crippen LogP contribution in [0.3, 0.4) is 0 Å². The molecule has 4 rings (SSSR count). The number of thiol groups is 1. The van der Waals surface area contributed by atoms with Gasteiger partial charge in [-0.2, -0.15) is 0 Å². The zero-order valence-electron chi connectivity index (χ0n) is 15.7. The fourth-order valence-corrected chi connectivity index (χ4v) is 3.93. The highest BCUT2D eigenvalue weighted by Crippen LogP contribution is 2.33. The third-order valence-electron chi connectivity index (χ3n) is 5.25. The third-order valence-corrected chi connectivity index (χ3v) is 5.53. The van der Waals surface area contributed by atoms with Crippen molar-refractivity contribution in [3.63, 3.8) is 0 Å². The number of nitrogens with two attached hydrogens (primary N) is 1. The summed E-state index contributed by atoms with van der Waals surface area (Å²) in [4.78, 5) is 7.79. The number of aromatic nitrogens is 2. The molecule has 3 N–H and O–H groups in total. The van der Waals surface area contributed by atoms with Gasteiger partial charge in [-0.25, -0.2) is 4.98 Å². The molecule has 2 fully saturated rings. The number of benzene rings is 1. The Bertz CT molecular complexity index is 687. The summed E-state index contributed by atoms with van der Waals surface area (Å²) in [6.45, 7) is 4.74. The number of hydrogen-bond acceptors (Lipinski definition) is 5. The van der Waals surface area contributed by atoms with Crippen LogP contribution in [0.1, 0.15) is 43.8 Å². The largest absolute Gasteiger partial charge is 0.397 e. The number of anilines is 1. The maximum Gasteiger partial charge on any atom is 0.116 e. The summed E-state index contributed by atoms with van der Waals surface area (Å²) >= 11 is 4.32. The van der Waals surface area contributed by atoms with Crippen LogP contribution in [0, 0.1) is 0 Å². The van der Waals surface area contributed by atoms with Crippen LogP contribution in [-0.4, -0.2) is 47.7 Å². The molecule has 0 radical (unpaired) electrons. The predicted octanol–water partition coefficient (Wildman–Crippen LogP) is 3.31. The van der Waals surface area contributed by atoms with Crippen molar-refractivity contribution in [2.75, 3.05) is 39.0 Å². The minimum absolute atomic E-state index is 0.568. The van der Waals surface area contributed by atoms with Crippen molar-refractivity contribution in [3.8, 4) is 5.69 Å². The van der Waals surface area contributed by atoms with Crippen LogP contribution in [0.15, 0.2) is 35.5 Å². The van der Waals surface area contributed by atoms with Crippen LogP contribution in [0.4, 0.5) is 5.69 Å². The van der Waals surface area contributed by atoms with E-state index in [4.69, 9.17) is 5.73 Å². The van der Waals surface area contributed by atoms with Crippen molar-refractivity contribution in [1.82, 2.24) is 19.8 Å². The molecule has 1 saturated carbocycles. The fourth-order valence-electron chi connectivity index (χ4n) is 3.72. The minimum Gasteiger partial charge on any atom is -0.397 e. The summed E-state index contributed by atoms with van der Waals surface area (Å²) in [6, 6.07) is 5.88. The van der Waals surface area contributed by atoms with Gasteiger partial charge in [0.2, 0.25) is 0 Å². The minimum atomic E-state index is 0.568. The topological polar surface area (TPSA) is 59.1 Å². The maximum atomic E-state index is 6.11. The standard InChI is InChI=1S/C15H19N3S.C5H12N2/c16-13-10-12(19)6-7-14(13)18-9-8-17-15(18)11-4-2-1-3-5-11;1-7-4-2-6-3-5-7/h6-11,19H,1-5,16H2;6H,2-5H2,1H3. The Labute approximate surface area is 162 Å². The van der Waals surface area contributed by atoms with Crippen LogP contribution in [-0.2, 0) is 0 Å². The molecule has 0 bridgehead atoms. The molecule has 0 spiro atoms. The van der Waals surface area contributed by atoms with Gasteiger partial charge in [0.1, 0.15) is 5.82 Å². The summed E-state index contributed by atoms with van der Waals surface area (Å²) in [6.07, 6.45) is 10.3. The van der Waals surface area contributed by atoms with Gasteiger partial charge in [0.25, 0.3) is 0 Å². The van der Waals surface area contributed by atoms with Crippen molar-refractivity contribution in [2.45, 2.75) is 42.9 Å². The molecular formula is C20H31N5S. The van der Waals surface area contributed by atoms with Crippen LogP contribution in [0.2, 0.25) is 0 Å². The van der Waals surface area contributed by atoms with Gasteiger partial charge >= 0.3 is 0 Å². The zero-order valence-corrected chi connectivity index (χ0v) is 16.6. The third kappa shape index (κ3) is 5.02. The van der Waals surface area contributed by atoms with E-state index in [0.29, 0.717) is 5.92 Å². The van der Waals surface area contributed by atoms with Crippen LogP contribution in [0.5, 0.6) is 0 Å². The summed E-state index contributed by atoms with van der Waals surface area (Å²) in [5, 5.41) is 3.27. The van der Waals surface area contributed by atoms with Gasteiger partial charge < -0.3 is 20.5 Å². The van der Waals surface area contributed by atoms with Gasteiger partial charge in [-0.3, -0.25) is 0 Å². The molecule has 1 aromatic carbocycles. The molecule has 26 heavy (non-hydrogen) atoms. The normalized spacial score (nSPS) is 19.0. The Morgan fingerprint density at radius 3 is 2.50 bits per heavy atom. The van der Waals surface area contributed by atoms with E-state index in [1.165, 1.54) is 45.2 Å². The first-order valence-electron chi connectivity index (χ1n) is 9.66. The van der Waals surface area contributed by atoms with Gasteiger partial charge in [-0.05, 0) is 38.1 Å². The fraction of sp³-hybridized carbons (Fsp3) is 0.550. The van der Waals surface area contributed by atoms with Gasteiger partial charge in [-0.1, -0.05) is 19.3 Å². The van der Waals surface area contributed by atoms with Crippen molar-refractivity contribution >= 4 is 18.3 Å². The molecule has 142 valence electrons.